The number of imide groups is 1. The third-order valence-electron chi connectivity index (χ3n) is 5.83. The second kappa shape index (κ2) is 7.76. The summed E-state index contributed by atoms with van der Waals surface area (Å²) < 4.78 is 33.2. The van der Waals surface area contributed by atoms with Crippen LogP contribution in [0.25, 0.3) is 0 Å². The van der Waals surface area contributed by atoms with Crippen LogP contribution in [0, 0.1) is 18.8 Å². The Balaban J connectivity index is 1.54. The van der Waals surface area contributed by atoms with Crippen molar-refractivity contribution in [2.75, 3.05) is 0 Å². The number of carbonyl (C=O) groups excluding carboxylic acids is 2. The van der Waals surface area contributed by atoms with Crippen molar-refractivity contribution in [3.05, 3.63) is 53.5 Å². The molecule has 1 saturated heterocycles. The summed E-state index contributed by atoms with van der Waals surface area (Å²) in [5, 5.41) is 0. The molecule has 4 rings (SSSR count). The van der Waals surface area contributed by atoms with Crippen LogP contribution in [0.5, 0.6) is 0 Å². The van der Waals surface area contributed by atoms with Crippen LogP contribution in [0.4, 0.5) is 0 Å². The summed E-state index contributed by atoms with van der Waals surface area (Å²) in [5.41, 5.74) is 1.21. The van der Waals surface area contributed by atoms with Gasteiger partial charge in [-0.15, -0.1) is 0 Å². The van der Waals surface area contributed by atoms with Crippen LogP contribution in [0.15, 0.2) is 45.9 Å². The van der Waals surface area contributed by atoms with Crippen molar-refractivity contribution < 1.29 is 22.4 Å². The zero-order chi connectivity index (χ0) is 20.6. The normalized spacial score (nSPS) is 22.2. The molecule has 2 atom stereocenters. The minimum atomic E-state index is -3.77. The van der Waals surface area contributed by atoms with E-state index < -0.39 is 10.0 Å². The van der Waals surface area contributed by atoms with E-state index in [2.05, 4.69) is 4.72 Å². The lowest BCUT2D eigenvalue weighted by atomic mass is 9.81. The summed E-state index contributed by atoms with van der Waals surface area (Å²) in [5.74, 6) is -0.153. The molecule has 2 aromatic rings. The first-order chi connectivity index (χ1) is 13.9. The van der Waals surface area contributed by atoms with Crippen LogP contribution in [0.3, 0.4) is 0 Å². The fourth-order valence-electron chi connectivity index (χ4n) is 4.26. The maximum atomic E-state index is 12.8. The van der Waals surface area contributed by atoms with Gasteiger partial charge in [-0.2, -0.15) is 0 Å². The van der Waals surface area contributed by atoms with E-state index in [1.807, 2.05) is 0 Å². The second-order valence-electron chi connectivity index (χ2n) is 7.76. The molecule has 1 aliphatic carbocycles. The first-order valence-corrected chi connectivity index (χ1v) is 11.3. The third-order valence-corrected chi connectivity index (χ3v) is 7.37. The molecular formula is C21H24N2O5S. The summed E-state index contributed by atoms with van der Waals surface area (Å²) >= 11 is 0. The molecule has 1 aromatic heterocycles. The van der Waals surface area contributed by atoms with Gasteiger partial charge in [0.25, 0.3) is 0 Å². The number of amides is 2. The highest BCUT2D eigenvalue weighted by atomic mass is 32.2. The van der Waals surface area contributed by atoms with E-state index in [1.165, 1.54) is 11.2 Å². The van der Waals surface area contributed by atoms with Gasteiger partial charge < -0.3 is 4.42 Å². The van der Waals surface area contributed by atoms with E-state index in [0.717, 1.165) is 25.7 Å². The molecule has 7 nitrogen and oxygen atoms in total. The van der Waals surface area contributed by atoms with Crippen molar-refractivity contribution in [1.82, 2.24) is 9.62 Å². The minimum Gasteiger partial charge on any atom is -0.468 e. The maximum absolute atomic E-state index is 12.8. The highest BCUT2D eigenvalue weighted by molar-refractivity contribution is 7.89. The molecule has 1 aliphatic heterocycles. The van der Waals surface area contributed by atoms with Gasteiger partial charge in [0.15, 0.2) is 0 Å². The Labute approximate surface area is 170 Å². The molecule has 0 radical (unpaired) electrons. The molecule has 1 aromatic carbocycles. The number of nitrogens with zero attached hydrogens (tertiary/aromatic N) is 1. The zero-order valence-corrected chi connectivity index (χ0v) is 17.1. The standard InChI is InChI=1S/C21H24N2O5S/c1-14-8-9-15(11-19(14)29(26,27)22-12-16-5-4-10-28-16)13-23-20(24)17-6-2-3-7-18(17)21(23)25/h4-5,8-11,17-18,22H,2-3,6-7,12-13H2,1H3/t17-,18-/m0/s1. The number of hydrogen-bond donors (Lipinski definition) is 1. The van der Waals surface area contributed by atoms with Gasteiger partial charge in [-0.25, -0.2) is 13.1 Å². The highest BCUT2D eigenvalue weighted by Crippen LogP contribution is 2.38. The summed E-state index contributed by atoms with van der Waals surface area (Å²) in [6.07, 6.45) is 4.95. The Kier molecular flexibility index (Phi) is 5.31. The number of likely N-dealkylation sites (tertiary alicyclic amines) is 1. The molecule has 0 bridgehead atoms. The molecule has 2 aliphatic rings. The lowest BCUT2D eigenvalue weighted by Crippen LogP contribution is -2.30. The number of benzene rings is 1. The predicted molar refractivity (Wildman–Crippen MR) is 105 cm³/mol. The van der Waals surface area contributed by atoms with E-state index >= 15 is 0 Å². The first-order valence-electron chi connectivity index (χ1n) is 9.83. The Bertz CT molecular complexity index is 1010. The quantitative estimate of drug-likeness (QED) is 0.731. The van der Waals surface area contributed by atoms with Gasteiger partial charge in [0.2, 0.25) is 21.8 Å². The van der Waals surface area contributed by atoms with Crippen molar-refractivity contribution in [1.29, 1.82) is 0 Å². The van der Waals surface area contributed by atoms with Gasteiger partial charge in [-0.1, -0.05) is 25.0 Å². The van der Waals surface area contributed by atoms with Gasteiger partial charge >= 0.3 is 0 Å². The number of aryl methyl sites for hydroxylation is 1. The Hall–Kier alpha value is -2.45. The molecule has 0 unspecified atom stereocenters. The molecular weight excluding hydrogens is 392 g/mol. The van der Waals surface area contributed by atoms with Gasteiger partial charge in [0.1, 0.15) is 5.76 Å². The molecule has 1 saturated carbocycles. The summed E-state index contributed by atoms with van der Waals surface area (Å²) in [6, 6.07) is 8.40. The van der Waals surface area contributed by atoms with Crippen molar-refractivity contribution in [2.45, 2.75) is 50.6 Å². The average Bonchev–Trinajstić information content (AvgIpc) is 3.31. The number of nitrogens with one attached hydrogen (secondary N) is 1. The van der Waals surface area contributed by atoms with E-state index in [1.54, 1.807) is 37.3 Å². The van der Waals surface area contributed by atoms with E-state index in [9.17, 15) is 18.0 Å². The van der Waals surface area contributed by atoms with Gasteiger partial charge in [-0.05, 0) is 49.1 Å². The monoisotopic (exact) mass is 416 g/mol. The lowest BCUT2D eigenvalue weighted by molar-refractivity contribution is -0.140. The number of furan rings is 1. The largest absolute Gasteiger partial charge is 0.468 e. The topological polar surface area (TPSA) is 96.7 Å². The van der Waals surface area contributed by atoms with Crippen LogP contribution >= 0.6 is 0 Å². The van der Waals surface area contributed by atoms with Crippen LogP contribution in [-0.4, -0.2) is 25.1 Å². The van der Waals surface area contributed by atoms with Crippen molar-refractivity contribution in [2.24, 2.45) is 11.8 Å². The van der Waals surface area contributed by atoms with Gasteiger partial charge in [0, 0.05) is 0 Å². The smallest absolute Gasteiger partial charge is 0.241 e. The fraction of sp³-hybridized carbons (Fsp3) is 0.429. The van der Waals surface area contributed by atoms with Crippen LogP contribution in [0.1, 0.15) is 42.6 Å². The molecule has 2 heterocycles. The average molecular weight is 416 g/mol. The van der Waals surface area contributed by atoms with Crippen molar-refractivity contribution in [3.8, 4) is 0 Å². The Morgan fingerprint density at radius 3 is 2.41 bits per heavy atom. The summed E-state index contributed by atoms with van der Waals surface area (Å²) in [7, 11) is -3.77. The minimum absolute atomic E-state index is 0.0471. The van der Waals surface area contributed by atoms with Crippen molar-refractivity contribution in [3.63, 3.8) is 0 Å². The van der Waals surface area contributed by atoms with E-state index in [0.29, 0.717) is 16.9 Å². The molecule has 2 fully saturated rings. The number of hydrogen-bond acceptors (Lipinski definition) is 5. The predicted octanol–water partition coefficient (Wildman–Crippen LogP) is 2.74. The Morgan fingerprint density at radius 1 is 1.10 bits per heavy atom. The van der Waals surface area contributed by atoms with Crippen LogP contribution in [0.2, 0.25) is 0 Å². The fourth-order valence-corrected chi connectivity index (χ4v) is 5.55. The molecule has 2 amide bonds. The van der Waals surface area contributed by atoms with Gasteiger partial charge in [0.05, 0.1) is 36.1 Å². The van der Waals surface area contributed by atoms with E-state index in [-0.39, 0.29) is 41.6 Å². The molecule has 154 valence electrons. The Morgan fingerprint density at radius 2 is 1.79 bits per heavy atom. The highest BCUT2D eigenvalue weighted by Gasteiger charge is 2.47. The number of carbonyl (C=O) groups is 2. The van der Waals surface area contributed by atoms with E-state index in [4.69, 9.17) is 4.42 Å². The molecule has 8 heteroatoms. The second-order valence-corrected chi connectivity index (χ2v) is 9.50. The SMILES string of the molecule is Cc1ccc(CN2C(=O)[C@H]3CCCC[C@@H]3C2=O)cc1S(=O)(=O)NCc1ccco1. The molecule has 1 N–H and O–H groups in total. The number of fused-ring (bicyclic) bond motifs is 1. The maximum Gasteiger partial charge on any atom is 0.241 e. The lowest BCUT2D eigenvalue weighted by Gasteiger charge is -2.19. The summed E-state index contributed by atoms with van der Waals surface area (Å²) in [4.78, 5) is 26.8. The van der Waals surface area contributed by atoms with Crippen LogP contribution < -0.4 is 4.72 Å². The third kappa shape index (κ3) is 3.86. The van der Waals surface area contributed by atoms with Crippen molar-refractivity contribution >= 4 is 21.8 Å². The summed E-state index contributed by atoms with van der Waals surface area (Å²) in [6.45, 7) is 1.86. The van der Waals surface area contributed by atoms with Crippen LogP contribution in [-0.2, 0) is 32.7 Å². The number of sulfonamides is 1. The number of rotatable bonds is 6. The zero-order valence-electron chi connectivity index (χ0n) is 16.3. The van der Waals surface area contributed by atoms with Gasteiger partial charge in [-0.3, -0.25) is 14.5 Å². The molecule has 0 spiro atoms. The molecule has 29 heavy (non-hydrogen) atoms. The first kappa shape index (κ1) is 19.8.